The number of carbonyl (C=O) groups excluding carboxylic acids is 1. The van der Waals surface area contributed by atoms with Gasteiger partial charge in [-0.15, -0.1) is 0 Å². The second kappa shape index (κ2) is 7.25. The molecule has 0 bridgehead atoms. The number of nitrogens with one attached hydrogen (secondary N) is 1. The number of hydrogen-bond acceptors (Lipinski definition) is 4. The van der Waals surface area contributed by atoms with Crippen molar-refractivity contribution in [3.05, 3.63) is 11.6 Å². The minimum atomic E-state index is -0.964. The monoisotopic (exact) mass is 270 g/mol. The maximum atomic E-state index is 12.1. The van der Waals surface area contributed by atoms with Crippen LogP contribution >= 0.6 is 0 Å². The molecule has 1 aliphatic heterocycles. The van der Waals surface area contributed by atoms with E-state index in [4.69, 9.17) is 9.84 Å². The molecule has 1 heterocycles. The third kappa shape index (κ3) is 5.40. The fourth-order valence-electron chi connectivity index (χ4n) is 2.03. The fraction of sp³-hybridized carbons (Fsp3) is 0.692. The largest absolute Gasteiger partial charge is 0.478 e. The van der Waals surface area contributed by atoms with Crippen LogP contribution in [-0.4, -0.2) is 60.3 Å². The van der Waals surface area contributed by atoms with Gasteiger partial charge in [0.25, 0.3) is 0 Å². The molecular weight excluding hydrogens is 248 g/mol. The molecular formula is C13H22N2O4. The van der Waals surface area contributed by atoms with E-state index in [9.17, 15) is 9.59 Å². The zero-order valence-electron chi connectivity index (χ0n) is 11.7. The summed E-state index contributed by atoms with van der Waals surface area (Å²) in [6.45, 7) is 7.56. The summed E-state index contributed by atoms with van der Waals surface area (Å²) >= 11 is 0. The molecule has 1 rings (SSSR count). The number of carbonyl (C=O) groups is 2. The van der Waals surface area contributed by atoms with Crippen molar-refractivity contribution in [3.8, 4) is 0 Å². The molecule has 0 radical (unpaired) electrons. The standard InChI is InChI=1S/C13H22N2O4/c1-9(2)14-13(18)11-8-19-5-4-15(11)7-10(3)6-12(16)17/h6,9,11H,4-5,7-8H2,1-3H3,(H,14,18)(H,16,17). The summed E-state index contributed by atoms with van der Waals surface area (Å²) < 4.78 is 5.34. The average Bonchev–Trinajstić information content (AvgIpc) is 2.27. The molecule has 1 saturated heterocycles. The molecule has 0 aromatic heterocycles. The fourth-order valence-corrected chi connectivity index (χ4v) is 2.03. The molecule has 19 heavy (non-hydrogen) atoms. The molecule has 1 unspecified atom stereocenters. The van der Waals surface area contributed by atoms with Crippen molar-refractivity contribution in [3.63, 3.8) is 0 Å². The highest BCUT2D eigenvalue weighted by atomic mass is 16.5. The first kappa shape index (κ1) is 15.7. The highest BCUT2D eigenvalue weighted by Gasteiger charge is 2.29. The Kier molecular flexibility index (Phi) is 5.98. The number of nitrogens with zero attached hydrogens (tertiary/aromatic N) is 1. The number of hydrogen-bond donors (Lipinski definition) is 2. The summed E-state index contributed by atoms with van der Waals surface area (Å²) in [5, 5.41) is 11.6. The molecule has 6 heteroatoms. The molecule has 0 spiro atoms. The lowest BCUT2D eigenvalue weighted by Crippen LogP contribution is -2.55. The van der Waals surface area contributed by atoms with Crippen LogP contribution in [-0.2, 0) is 14.3 Å². The molecule has 1 aliphatic rings. The number of amides is 1. The van der Waals surface area contributed by atoms with E-state index in [1.54, 1.807) is 6.92 Å². The van der Waals surface area contributed by atoms with Crippen LogP contribution in [0.1, 0.15) is 20.8 Å². The molecule has 108 valence electrons. The van der Waals surface area contributed by atoms with Crippen LogP contribution in [0.5, 0.6) is 0 Å². The van der Waals surface area contributed by atoms with Crippen molar-refractivity contribution in [2.24, 2.45) is 0 Å². The maximum absolute atomic E-state index is 12.1. The van der Waals surface area contributed by atoms with Gasteiger partial charge in [0, 0.05) is 25.2 Å². The van der Waals surface area contributed by atoms with Gasteiger partial charge in [-0.25, -0.2) is 4.79 Å². The predicted octanol–water partition coefficient (Wildman–Crippen LogP) is 0.243. The van der Waals surface area contributed by atoms with E-state index in [0.717, 1.165) is 5.57 Å². The number of rotatable bonds is 5. The van der Waals surface area contributed by atoms with Gasteiger partial charge < -0.3 is 15.2 Å². The molecule has 0 saturated carbocycles. The van der Waals surface area contributed by atoms with Gasteiger partial charge in [0.05, 0.1) is 13.2 Å². The number of carboxylic acids is 1. The zero-order valence-corrected chi connectivity index (χ0v) is 11.7. The van der Waals surface area contributed by atoms with Gasteiger partial charge >= 0.3 is 5.97 Å². The summed E-state index contributed by atoms with van der Waals surface area (Å²) in [5.74, 6) is -1.04. The minimum Gasteiger partial charge on any atom is -0.478 e. The van der Waals surface area contributed by atoms with Gasteiger partial charge in [-0.05, 0) is 20.8 Å². The summed E-state index contributed by atoms with van der Waals surface area (Å²) in [4.78, 5) is 24.6. The van der Waals surface area contributed by atoms with E-state index in [-0.39, 0.29) is 18.0 Å². The quantitative estimate of drug-likeness (QED) is 0.700. The Morgan fingerprint density at radius 3 is 2.79 bits per heavy atom. The molecule has 1 amide bonds. The van der Waals surface area contributed by atoms with Crippen LogP contribution in [0.25, 0.3) is 0 Å². The summed E-state index contributed by atoms with van der Waals surface area (Å²) in [7, 11) is 0. The Labute approximate surface area is 113 Å². The molecule has 1 atom stereocenters. The Morgan fingerprint density at radius 2 is 2.21 bits per heavy atom. The van der Waals surface area contributed by atoms with Gasteiger partial charge in [0.15, 0.2) is 0 Å². The smallest absolute Gasteiger partial charge is 0.328 e. The lowest BCUT2D eigenvalue weighted by Gasteiger charge is -2.35. The SMILES string of the molecule is CC(=CC(=O)O)CN1CCOCC1C(=O)NC(C)C. The first-order chi connectivity index (χ1) is 8.90. The van der Waals surface area contributed by atoms with Crippen LogP contribution in [0.3, 0.4) is 0 Å². The van der Waals surface area contributed by atoms with Gasteiger partial charge in [0.2, 0.25) is 5.91 Å². The second-order valence-electron chi connectivity index (χ2n) is 5.05. The Morgan fingerprint density at radius 1 is 1.53 bits per heavy atom. The highest BCUT2D eigenvalue weighted by Crippen LogP contribution is 2.10. The van der Waals surface area contributed by atoms with Crippen LogP contribution in [0.4, 0.5) is 0 Å². The van der Waals surface area contributed by atoms with Crippen molar-refractivity contribution in [2.45, 2.75) is 32.9 Å². The van der Waals surface area contributed by atoms with Crippen LogP contribution < -0.4 is 5.32 Å². The van der Waals surface area contributed by atoms with Gasteiger partial charge in [-0.2, -0.15) is 0 Å². The van der Waals surface area contributed by atoms with Crippen LogP contribution in [0.2, 0.25) is 0 Å². The molecule has 0 aromatic carbocycles. The van der Waals surface area contributed by atoms with E-state index < -0.39 is 5.97 Å². The molecule has 1 fully saturated rings. The lowest BCUT2D eigenvalue weighted by molar-refractivity contribution is -0.132. The van der Waals surface area contributed by atoms with Crippen LogP contribution in [0, 0.1) is 0 Å². The van der Waals surface area contributed by atoms with E-state index in [0.29, 0.717) is 26.3 Å². The van der Waals surface area contributed by atoms with Gasteiger partial charge in [-0.3, -0.25) is 9.69 Å². The summed E-state index contributed by atoms with van der Waals surface area (Å²) in [6, 6.07) is -0.278. The topological polar surface area (TPSA) is 78.9 Å². The number of aliphatic carboxylic acids is 1. The maximum Gasteiger partial charge on any atom is 0.328 e. The van der Waals surface area contributed by atoms with E-state index in [1.165, 1.54) is 6.08 Å². The van der Waals surface area contributed by atoms with E-state index in [2.05, 4.69) is 5.32 Å². The number of morpholine rings is 1. The molecule has 0 aromatic rings. The Bertz CT molecular complexity index is 366. The number of carboxylic acid groups (broad SMARTS) is 1. The third-order valence-corrected chi connectivity index (χ3v) is 2.80. The van der Waals surface area contributed by atoms with Crippen molar-refractivity contribution in [2.75, 3.05) is 26.3 Å². The highest BCUT2D eigenvalue weighted by molar-refractivity contribution is 5.82. The Hall–Kier alpha value is -1.40. The minimum absolute atomic E-state index is 0.0715. The molecule has 6 nitrogen and oxygen atoms in total. The number of ether oxygens (including phenoxy) is 1. The molecule has 2 N–H and O–H groups in total. The zero-order chi connectivity index (χ0) is 14.4. The summed E-state index contributed by atoms with van der Waals surface area (Å²) in [6.07, 6.45) is 1.17. The van der Waals surface area contributed by atoms with Gasteiger partial charge in [0.1, 0.15) is 6.04 Å². The van der Waals surface area contributed by atoms with Crippen molar-refractivity contribution in [1.29, 1.82) is 0 Å². The average molecular weight is 270 g/mol. The van der Waals surface area contributed by atoms with E-state index in [1.807, 2.05) is 18.7 Å². The second-order valence-corrected chi connectivity index (χ2v) is 5.05. The first-order valence-electron chi connectivity index (χ1n) is 6.42. The van der Waals surface area contributed by atoms with E-state index >= 15 is 0 Å². The van der Waals surface area contributed by atoms with Crippen LogP contribution in [0.15, 0.2) is 11.6 Å². The summed E-state index contributed by atoms with van der Waals surface area (Å²) in [5.41, 5.74) is 0.719. The van der Waals surface area contributed by atoms with Crippen molar-refractivity contribution in [1.82, 2.24) is 10.2 Å². The Balaban J connectivity index is 2.67. The normalized spacial score (nSPS) is 21.5. The molecule has 0 aliphatic carbocycles. The van der Waals surface area contributed by atoms with Gasteiger partial charge in [-0.1, -0.05) is 5.57 Å². The first-order valence-corrected chi connectivity index (χ1v) is 6.42. The third-order valence-electron chi connectivity index (χ3n) is 2.80. The lowest BCUT2D eigenvalue weighted by atomic mass is 10.1. The predicted molar refractivity (Wildman–Crippen MR) is 70.9 cm³/mol. The van der Waals surface area contributed by atoms with Crippen molar-refractivity contribution < 1.29 is 19.4 Å². The van der Waals surface area contributed by atoms with Crippen molar-refractivity contribution >= 4 is 11.9 Å².